The van der Waals surface area contributed by atoms with E-state index in [-0.39, 0.29) is 42.2 Å². The lowest BCUT2D eigenvalue weighted by atomic mass is 9.89. The summed E-state index contributed by atoms with van der Waals surface area (Å²) >= 11 is 0. The second-order valence-electron chi connectivity index (χ2n) is 6.05. The smallest absolute Gasteiger partial charge is 0.228 e. The van der Waals surface area contributed by atoms with E-state index in [2.05, 4.69) is 10.6 Å². The molecule has 0 spiro atoms. The van der Waals surface area contributed by atoms with E-state index in [9.17, 15) is 22.4 Å². The SMILES string of the molecule is O=C1CC(C(=O)NCC2CCS(=O)(=O)C2)c2ccc(F)cc2N1. The summed E-state index contributed by atoms with van der Waals surface area (Å²) in [5.41, 5.74) is 0.882. The molecule has 0 aromatic heterocycles. The summed E-state index contributed by atoms with van der Waals surface area (Å²) in [5.74, 6) is -1.70. The first kappa shape index (κ1) is 15.9. The molecular weight excluding hydrogens is 323 g/mol. The van der Waals surface area contributed by atoms with Crippen LogP contribution in [0.2, 0.25) is 0 Å². The molecule has 2 aliphatic rings. The fraction of sp³-hybridized carbons (Fsp3) is 0.467. The van der Waals surface area contributed by atoms with Gasteiger partial charge < -0.3 is 10.6 Å². The molecule has 0 saturated carbocycles. The number of benzene rings is 1. The van der Waals surface area contributed by atoms with Crippen LogP contribution in [0.15, 0.2) is 18.2 Å². The van der Waals surface area contributed by atoms with Crippen LogP contribution in [0.1, 0.15) is 24.3 Å². The normalized spacial score (nSPS) is 25.5. The van der Waals surface area contributed by atoms with E-state index in [0.29, 0.717) is 17.7 Å². The number of carbonyl (C=O) groups is 2. The maximum Gasteiger partial charge on any atom is 0.228 e. The van der Waals surface area contributed by atoms with Crippen LogP contribution in [0.5, 0.6) is 0 Å². The average Bonchev–Trinajstić information content (AvgIpc) is 2.82. The summed E-state index contributed by atoms with van der Waals surface area (Å²) in [7, 11) is -2.99. The molecule has 124 valence electrons. The molecule has 2 aliphatic heterocycles. The van der Waals surface area contributed by atoms with Gasteiger partial charge in [-0.05, 0) is 30.0 Å². The molecule has 1 saturated heterocycles. The van der Waals surface area contributed by atoms with Crippen molar-refractivity contribution >= 4 is 27.3 Å². The topological polar surface area (TPSA) is 92.3 Å². The maximum absolute atomic E-state index is 13.3. The van der Waals surface area contributed by atoms with Gasteiger partial charge in [0.1, 0.15) is 5.82 Å². The molecule has 0 bridgehead atoms. The standard InChI is InChI=1S/C15H17FN2O4S/c16-10-1-2-11-12(6-14(19)18-13(11)5-10)15(20)17-7-9-3-4-23(21,22)8-9/h1-2,5,9,12H,3-4,6-8H2,(H,17,20)(H,18,19). The zero-order chi connectivity index (χ0) is 16.6. The van der Waals surface area contributed by atoms with Crippen LogP contribution in [-0.2, 0) is 19.4 Å². The molecule has 8 heteroatoms. The lowest BCUT2D eigenvalue weighted by Crippen LogP contribution is -2.37. The number of hydrogen-bond acceptors (Lipinski definition) is 4. The van der Waals surface area contributed by atoms with Gasteiger partial charge in [0.25, 0.3) is 0 Å². The van der Waals surface area contributed by atoms with E-state index < -0.39 is 21.6 Å². The fourth-order valence-corrected chi connectivity index (χ4v) is 4.93. The lowest BCUT2D eigenvalue weighted by Gasteiger charge is -2.25. The predicted octanol–water partition coefficient (Wildman–Crippen LogP) is 0.802. The fourth-order valence-electron chi connectivity index (χ4n) is 3.07. The van der Waals surface area contributed by atoms with E-state index in [4.69, 9.17) is 0 Å². The van der Waals surface area contributed by atoms with Crippen molar-refractivity contribution in [2.24, 2.45) is 5.92 Å². The number of carbonyl (C=O) groups excluding carboxylic acids is 2. The number of rotatable bonds is 3. The van der Waals surface area contributed by atoms with E-state index in [1.807, 2.05) is 0 Å². The Balaban J connectivity index is 1.69. The quantitative estimate of drug-likeness (QED) is 0.851. The Labute approximate surface area is 133 Å². The third-order valence-electron chi connectivity index (χ3n) is 4.26. The van der Waals surface area contributed by atoms with Gasteiger partial charge in [-0.3, -0.25) is 9.59 Å². The van der Waals surface area contributed by atoms with Crippen molar-refractivity contribution in [2.45, 2.75) is 18.8 Å². The van der Waals surface area contributed by atoms with Gasteiger partial charge in [-0.25, -0.2) is 12.8 Å². The molecule has 1 fully saturated rings. The van der Waals surface area contributed by atoms with Crippen molar-refractivity contribution < 1.29 is 22.4 Å². The highest BCUT2D eigenvalue weighted by atomic mass is 32.2. The van der Waals surface area contributed by atoms with Crippen molar-refractivity contribution in [3.05, 3.63) is 29.6 Å². The maximum atomic E-state index is 13.3. The number of halogens is 1. The van der Waals surface area contributed by atoms with Crippen molar-refractivity contribution in [3.8, 4) is 0 Å². The first-order valence-electron chi connectivity index (χ1n) is 7.41. The van der Waals surface area contributed by atoms with Crippen LogP contribution in [-0.4, -0.2) is 38.3 Å². The molecule has 0 aliphatic carbocycles. The van der Waals surface area contributed by atoms with Gasteiger partial charge in [-0.15, -0.1) is 0 Å². The summed E-state index contributed by atoms with van der Waals surface area (Å²) in [5, 5.41) is 5.29. The minimum atomic E-state index is -2.99. The molecule has 2 unspecified atom stereocenters. The van der Waals surface area contributed by atoms with E-state index >= 15 is 0 Å². The molecule has 0 radical (unpaired) electrons. The highest BCUT2D eigenvalue weighted by Gasteiger charge is 2.32. The van der Waals surface area contributed by atoms with Crippen LogP contribution in [0, 0.1) is 11.7 Å². The van der Waals surface area contributed by atoms with Gasteiger partial charge in [-0.1, -0.05) is 6.07 Å². The molecule has 2 N–H and O–H groups in total. The number of amides is 2. The van der Waals surface area contributed by atoms with Crippen molar-refractivity contribution in [3.63, 3.8) is 0 Å². The van der Waals surface area contributed by atoms with Crippen molar-refractivity contribution in [1.29, 1.82) is 0 Å². The molecule has 1 aromatic rings. The van der Waals surface area contributed by atoms with Gasteiger partial charge in [0.2, 0.25) is 11.8 Å². The number of sulfone groups is 1. The number of fused-ring (bicyclic) bond motifs is 1. The minimum absolute atomic E-state index is 0.00652. The monoisotopic (exact) mass is 340 g/mol. The van der Waals surface area contributed by atoms with Crippen LogP contribution >= 0.6 is 0 Å². The summed E-state index contributed by atoms with van der Waals surface area (Å²) < 4.78 is 36.1. The van der Waals surface area contributed by atoms with Crippen LogP contribution < -0.4 is 10.6 Å². The van der Waals surface area contributed by atoms with E-state index in [1.54, 1.807) is 0 Å². The number of hydrogen-bond donors (Lipinski definition) is 2. The molecular formula is C15H17FN2O4S. The molecule has 1 aromatic carbocycles. The van der Waals surface area contributed by atoms with Gasteiger partial charge in [0.05, 0.1) is 17.4 Å². The molecule has 2 amide bonds. The largest absolute Gasteiger partial charge is 0.355 e. The number of anilines is 1. The second-order valence-corrected chi connectivity index (χ2v) is 8.28. The molecule has 2 heterocycles. The molecule has 3 rings (SSSR count). The predicted molar refractivity (Wildman–Crippen MR) is 82.2 cm³/mol. The average molecular weight is 340 g/mol. The third-order valence-corrected chi connectivity index (χ3v) is 6.10. The van der Waals surface area contributed by atoms with Gasteiger partial charge in [0, 0.05) is 18.7 Å². The zero-order valence-electron chi connectivity index (χ0n) is 12.3. The highest BCUT2D eigenvalue weighted by Crippen LogP contribution is 2.33. The Morgan fingerprint density at radius 1 is 1.39 bits per heavy atom. The highest BCUT2D eigenvalue weighted by molar-refractivity contribution is 7.91. The molecule has 6 nitrogen and oxygen atoms in total. The van der Waals surface area contributed by atoms with Crippen LogP contribution in [0.3, 0.4) is 0 Å². The van der Waals surface area contributed by atoms with Gasteiger partial charge >= 0.3 is 0 Å². The van der Waals surface area contributed by atoms with E-state index in [1.165, 1.54) is 18.2 Å². The Bertz CT molecular complexity index is 763. The Morgan fingerprint density at radius 3 is 2.87 bits per heavy atom. The summed E-state index contributed by atoms with van der Waals surface area (Å²) in [6, 6.07) is 3.94. The van der Waals surface area contributed by atoms with Crippen LogP contribution in [0.4, 0.5) is 10.1 Å². The Morgan fingerprint density at radius 2 is 2.17 bits per heavy atom. The van der Waals surface area contributed by atoms with Crippen LogP contribution in [0.25, 0.3) is 0 Å². The van der Waals surface area contributed by atoms with Gasteiger partial charge in [0.15, 0.2) is 9.84 Å². The summed E-state index contributed by atoms with van der Waals surface area (Å²) in [6.45, 7) is 0.271. The summed E-state index contributed by atoms with van der Waals surface area (Å²) in [4.78, 5) is 24.1. The number of nitrogens with one attached hydrogen (secondary N) is 2. The van der Waals surface area contributed by atoms with Crippen molar-refractivity contribution in [1.82, 2.24) is 5.32 Å². The molecule has 23 heavy (non-hydrogen) atoms. The van der Waals surface area contributed by atoms with Crippen molar-refractivity contribution in [2.75, 3.05) is 23.4 Å². The Hall–Kier alpha value is -1.96. The van der Waals surface area contributed by atoms with E-state index in [0.717, 1.165) is 0 Å². The molecule has 2 atom stereocenters. The van der Waals surface area contributed by atoms with Gasteiger partial charge in [-0.2, -0.15) is 0 Å². The lowest BCUT2D eigenvalue weighted by molar-refractivity contribution is -0.126. The minimum Gasteiger partial charge on any atom is -0.355 e. The first-order valence-corrected chi connectivity index (χ1v) is 9.23. The second kappa shape index (κ2) is 5.92. The zero-order valence-corrected chi connectivity index (χ0v) is 13.2. The Kier molecular flexibility index (Phi) is 4.09. The third kappa shape index (κ3) is 3.52. The first-order chi connectivity index (χ1) is 10.8. The summed E-state index contributed by atoms with van der Waals surface area (Å²) in [6.07, 6.45) is 0.531.